The Labute approximate surface area is 102 Å². The van der Waals surface area contributed by atoms with Crippen molar-refractivity contribution in [2.45, 2.75) is 73.1 Å². The van der Waals surface area contributed by atoms with Gasteiger partial charge in [0, 0.05) is 12.3 Å². The molecule has 0 aromatic carbocycles. The molecule has 0 bridgehead atoms. The predicted molar refractivity (Wildman–Crippen MR) is 71.5 cm³/mol. The highest BCUT2D eigenvalue weighted by molar-refractivity contribution is 5.80. The molecule has 0 spiro atoms. The van der Waals surface area contributed by atoms with E-state index < -0.39 is 0 Å². The molecule has 0 radical (unpaired) electrons. The number of hydrogen-bond acceptors (Lipinski definition) is 1. The predicted octanol–water partition coefficient (Wildman–Crippen LogP) is 4.84. The highest BCUT2D eigenvalue weighted by Gasteiger charge is 2.20. The number of rotatable bonds is 5. The van der Waals surface area contributed by atoms with E-state index in [9.17, 15) is 4.79 Å². The highest BCUT2D eigenvalue weighted by Crippen LogP contribution is 2.28. The largest absolute Gasteiger partial charge is 0.299 e. The molecule has 1 saturated carbocycles. The molecule has 1 nitrogen and oxygen atoms in total. The zero-order valence-electron chi connectivity index (χ0n) is 10.6. The van der Waals surface area contributed by atoms with Crippen LogP contribution in [0.1, 0.15) is 73.1 Å². The van der Waals surface area contributed by atoms with Gasteiger partial charge in [0.15, 0.2) is 0 Å². The first-order valence-electron chi connectivity index (χ1n) is 6.62. The Morgan fingerprint density at radius 1 is 1.12 bits per heavy atom. The molecule has 16 heavy (non-hydrogen) atoms. The van der Waals surface area contributed by atoms with E-state index in [2.05, 4.69) is 20.8 Å². The summed E-state index contributed by atoms with van der Waals surface area (Å²) in [4.78, 5) is 11.9. The summed E-state index contributed by atoms with van der Waals surface area (Å²) < 4.78 is 0. The molecule has 1 heteroatoms. The van der Waals surface area contributed by atoms with E-state index in [1.165, 1.54) is 32.1 Å². The summed E-state index contributed by atoms with van der Waals surface area (Å²) in [5.74, 6) is 2.15. The molecule has 1 fully saturated rings. The van der Waals surface area contributed by atoms with E-state index in [1.54, 1.807) is 0 Å². The maximum Gasteiger partial charge on any atom is 0.135 e. The highest BCUT2D eigenvalue weighted by atomic mass is 16.1. The third-order valence-corrected chi connectivity index (χ3v) is 3.59. The summed E-state index contributed by atoms with van der Waals surface area (Å²) in [7, 11) is 0. The second kappa shape index (κ2) is 7.86. The Balaban J connectivity index is 0.00000225. The van der Waals surface area contributed by atoms with Gasteiger partial charge in [-0.3, -0.25) is 4.79 Å². The van der Waals surface area contributed by atoms with Crippen molar-refractivity contribution in [1.29, 1.82) is 0 Å². The Morgan fingerprint density at radius 2 is 1.69 bits per heavy atom. The van der Waals surface area contributed by atoms with Crippen LogP contribution in [-0.2, 0) is 4.79 Å². The SMILES string of the molecule is C.CC(C)CC(C)C(=O)CC1CCCCC1. The first-order chi connectivity index (χ1) is 7.09. The van der Waals surface area contributed by atoms with Crippen LogP contribution in [-0.4, -0.2) is 5.78 Å². The molecule has 0 amide bonds. The first-order valence-corrected chi connectivity index (χ1v) is 6.62. The minimum Gasteiger partial charge on any atom is -0.299 e. The lowest BCUT2D eigenvalue weighted by atomic mass is 9.82. The van der Waals surface area contributed by atoms with Crippen LogP contribution in [0.25, 0.3) is 0 Å². The van der Waals surface area contributed by atoms with Crippen LogP contribution in [0.3, 0.4) is 0 Å². The van der Waals surface area contributed by atoms with E-state index in [0.29, 0.717) is 17.6 Å². The number of carbonyl (C=O) groups excluding carboxylic acids is 1. The average molecular weight is 226 g/mol. The Morgan fingerprint density at radius 3 is 2.19 bits per heavy atom. The molecule has 0 aromatic rings. The summed E-state index contributed by atoms with van der Waals surface area (Å²) in [6, 6.07) is 0. The molecule has 1 rings (SSSR count). The summed E-state index contributed by atoms with van der Waals surface area (Å²) in [6.45, 7) is 6.50. The summed E-state index contributed by atoms with van der Waals surface area (Å²) in [5.41, 5.74) is 0. The van der Waals surface area contributed by atoms with Crippen molar-refractivity contribution >= 4 is 5.78 Å². The van der Waals surface area contributed by atoms with Gasteiger partial charge in [-0.1, -0.05) is 60.3 Å². The second-order valence-corrected chi connectivity index (χ2v) is 5.71. The van der Waals surface area contributed by atoms with Gasteiger partial charge >= 0.3 is 0 Å². The molecule has 96 valence electrons. The van der Waals surface area contributed by atoms with Crippen molar-refractivity contribution in [3.8, 4) is 0 Å². The lowest BCUT2D eigenvalue weighted by molar-refractivity contribution is -0.124. The third-order valence-electron chi connectivity index (χ3n) is 3.59. The number of hydrogen-bond donors (Lipinski definition) is 0. The maximum atomic E-state index is 11.9. The molecule has 0 N–H and O–H groups in total. The normalized spacial score (nSPS) is 19.2. The van der Waals surface area contributed by atoms with Crippen molar-refractivity contribution in [2.24, 2.45) is 17.8 Å². The van der Waals surface area contributed by atoms with Crippen LogP contribution in [0.15, 0.2) is 0 Å². The van der Waals surface area contributed by atoms with Gasteiger partial charge in [0.1, 0.15) is 5.78 Å². The fourth-order valence-electron chi connectivity index (χ4n) is 2.72. The molecular formula is C15H30O. The van der Waals surface area contributed by atoms with Gasteiger partial charge in [-0.05, 0) is 18.3 Å². The van der Waals surface area contributed by atoms with Gasteiger partial charge in [-0.2, -0.15) is 0 Å². The van der Waals surface area contributed by atoms with Gasteiger partial charge in [-0.25, -0.2) is 0 Å². The van der Waals surface area contributed by atoms with E-state index >= 15 is 0 Å². The van der Waals surface area contributed by atoms with E-state index in [1.807, 2.05) is 0 Å². The van der Waals surface area contributed by atoms with Crippen molar-refractivity contribution in [1.82, 2.24) is 0 Å². The van der Waals surface area contributed by atoms with E-state index in [0.717, 1.165) is 12.8 Å². The van der Waals surface area contributed by atoms with E-state index in [4.69, 9.17) is 0 Å². The smallest absolute Gasteiger partial charge is 0.135 e. The van der Waals surface area contributed by atoms with Crippen LogP contribution >= 0.6 is 0 Å². The molecule has 0 heterocycles. The summed E-state index contributed by atoms with van der Waals surface area (Å²) in [6.07, 6.45) is 8.57. The monoisotopic (exact) mass is 226 g/mol. The molecule has 1 aliphatic rings. The van der Waals surface area contributed by atoms with Crippen molar-refractivity contribution < 1.29 is 4.79 Å². The molecule has 1 aliphatic carbocycles. The Hall–Kier alpha value is -0.330. The standard InChI is InChI=1S/C14H26O.CH4/c1-11(2)9-12(3)14(15)10-13-7-5-4-6-8-13;/h11-13H,4-10H2,1-3H3;1H4. The van der Waals surface area contributed by atoms with Gasteiger partial charge in [0.2, 0.25) is 0 Å². The third kappa shape index (κ3) is 5.67. The second-order valence-electron chi connectivity index (χ2n) is 5.71. The van der Waals surface area contributed by atoms with E-state index in [-0.39, 0.29) is 13.3 Å². The lowest BCUT2D eigenvalue weighted by Crippen LogP contribution is -2.18. The van der Waals surface area contributed by atoms with Crippen LogP contribution in [0, 0.1) is 17.8 Å². The van der Waals surface area contributed by atoms with Crippen molar-refractivity contribution in [3.63, 3.8) is 0 Å². The molecular weight excluding hydrogens is 196 g/mol. The molecule has 0 aromatic heterocycles. The number of ketones is 1. The van der Waals surface area contributed by atoms with Crippen molar-refractivity contribution in [2.75, 3.05) is 0 Å². The Kier molecular flexibility index (Phi) is 7.70. The zero-order chi connectivity index (χ0) is 11.3. The summed E-state index contributed by atoms with van der Waals surface area (Å²) >= 11 is 0. The lowest BCUT2D eigenvalue weighted by Gasteiger charge is -2.22. The first kappa shape index (κ1) is 15.7. The zero-order valence-corrected chi connectivity index (χ0v) is 10.6. The van der Waals surface area contributed by atoms with Crippen molar-refractivity contribution in [3.05, 3.63) is 0 Å². The van der Waals surface area contributed by atoms with Gasteiger partial charge in [-0.15, -0.1) is 0 Å². The summed E-state index contributed by atoms with van der Waals surface area (Å²) in [5, 5.41) is 0. The van der Waals surface area contributed by atoms with Gasteiger partial charge in [0.05, 0.1) is 0 Å². The topological polar surface area (TPSA) is 17.1 Å². The van der Waals surface area contributed by atoms with Crippen LogP contribution in [0.5, 0.6) is 0 Å². The molecule has 1 atom stereocenters. The van der Waals surface area contributed by atoms with Crippen LogP contribution < -0.4 is 0 Å². The minimum absolute atomic E-state index is 0. The minimum atomic E-state index is 0. The fourth-order valence-corrected chi connectivity index (χ4v) is 2.72. The molecule has 0 aliphatic heterocycles. The van der Waals surface area contributed by atoms with Crippen LogP contribution in [0.4, 0.5) is 0 Å². The maximum absolute atomic E-state index is 11.9. The molecule has 0 saturated heterocycles. The fraction of sp³-hybridized carbons (Fsp3) is 0.933. The quantitative estimate of drug-likeness (QED) is 0.655. The van der Waals surface area contributed by atoms with Gasteiger partial charge in [0.25, 0.3) is 0 Å². The van der Waals surface area contributed by atoms with Crippen LogP contribution in [0.2, 0.25) is 0 Å². The molecule has 1 unspecified atom stereocenters. The number of Topliss-reactive ketones (excluding diaryl/α,β-unsaturated/α-hetero) is 1. The van der Waals surface area contributed by atoms with Gasteiger partial charge < -0.3 is 0 Å². The number of carbonyl (C=O) groups is 1. The Bertz CT molecular complexity index is 190. The average Bonchev–Trinajstić information content (AvgIpc) is 2.18.